The monoisotopic (exact) mass is 367 g/mol. The molecule has 0 bridgehead atoms. The molecule has 0 fully saturated rings. The first kappa shape index (κ1) is 22.1. The number of carbonyl (C=O) groups is 1. The van der Waals surface area contributed by atoms with Gasteiger partial charge in [-0.15, -0.1) is 6.58 Å². The summed E-state index contributed by atoms with van der Waals surface area (Å²) in [6.07, 6.45) is 1.71. The lowest BCUT2D eigenvalue weighted by Gasteiger charge is -2.09. The van der Waals surface area contributed by atoms with Crippen molar-refractivity contribution in [1.29, 1.82) is 0 Å². The minimum atomic E-state index is -0.0987. The molecule has 1 aromatic carbocycles. The summed E-state index contributed by atoms with van der Waals surface area (Å²) in [6.45, 7) is 9.71. The van der Waals surface area contributed by atoms with Crippen LogP contribution < -0.4 is 10.1 Å². The van der Waals surface area contributed by atoms with Crippen LogP contribution >= 0.6 is 0 Å². The van der Waals surface area contributed by atoms with Gasteiger partial charge in [-0.05, 0) is 24.3 Å². The molecule has 1 rings (SSSR count). The molecule has 7 nitrogen and oxygen atoms in total. The SMILES string of the molecule is C=CCOCCOCCOCCOCCOc1ccc(NC(C)=O)cc1. The predicted molar refractivity (Wildman–Crippen MR) is 99.7 cm³/mol. The van der Waals surface area contributed by atoms with Crippen molar-refractivity contribution in [2.45, 2.75) is 6.92 Å². The van der Waals surface area contributed by atoms with Crippen molar-refractivity contribution >= 4 is 11.6 Å². The van der Waals surface area contributed by atoms with Crippen molar-refractivity contribution in [3.05, 3.63) is 36.9 Å². The van der Waals surface area contributed by atoms with Crippen molar-refractivity contribution in [1.82, 2.24) is 0 Å². The Morgan fingerprint density at radius 2 is 1.38 bits per heavy atom. The first-order valence-electron chi connectivity index (χ1n) is 8.64. The summed E-state index contributed by atoms with van der Waals surface area (Å²) in [5.41, 5.74) is 0.742. The molecular weight excluding hydrogens is 338 g/mol. The third kappa shape index (κ3) is 12.4. The first-order chi connectivity index (χ1) is 12.7. The van der Waals surface area contributed by atoms with Crippen LogP contribution in [0.5, 0.6) is 5.75 Å². The van der Waals surface area contributed by atoms with Gasteiger partial charge in [0.15, 0.2) is 0 Å². The van der Waals surface area contributed by atoms with E-state index in [9.17, 15) is 4.79 Å². The Balaban J connectivity index is 1.87. The van der Waals surface area contributed by atoms with Crippen molar-refractivity contribution in [2.75, 3.05) is 64.8 Å². The topological polar surface area (TPSA) is 75.2 Å². The molecule has 0 spiro atoms. The van der Waals surface area contributed by atoms with E-state index in [4.69, 9.17) is 23.7 Å². The summed E-state index contributed by atoms with van der Waals surface area (Å²) < 4.78 is 26.9. The molecule has 0 saturated heterocycles. The third-order valence-electron chi connectivity index (χ3n) is 3.02. The Morgan fingerprint density at radius 1 is 0.885 bits per heavy atom. The maximum atomic E-state index is 10.9. The maximum Gasteiger partial charge on any atom is 0.221 e. The van der Waals surface area contributed by atoms with Gasteiger partial charge >= 0.3 is 0 Å². The zero-order chi connectivity index (χ0) is 18.9. The Kier molecular flexibility index (Phi) is 13.0. The van der Waals surface area contributed by atoms with E-state index < -0.39 is 0 Å². The number of rotatable bonds is 16. The molecule has 0 aromatic heterocycles. The van der Waals surface area contributed by atoms with Gasteiger partial charge in [-0.3, -0.25) is 4.79 Å². The Hall–Kier alpha value is -1.93. The lowest BCUT2D eigenvalue weighted by molar-refractivity contribution is -0.114. The molecule has 0 saturated carbocycles. The van der Waals surface area contributed by atoms with Crippen molar-refractivity contribution in [3.8, 4) is 5.75 Å². The zero-order valence-corrected chi connectivity index (χ0v) is 15.4. The number of hydrogen-bond donors (Lipinski definition) is 1. The number of nitrogens with one attached hydrogen (secondary N) is 1. The minimum Gasteiger partial charge on any atom is -0.491 e. The molecule has 0 atom stereocenters. The molecule has 0 radical (unpaired) electrons. The summed E-state index contributed by atoms with van der Waals surface area (Å²) in [5.74, 6) is 0.631. The van der Waals surface area contributed by atoms with Crippen molar-refractivity contribution in [3.63, 3.8) is 0 Å². The second-order valence-electron chi connectivity index (χ2n) is 5.25. The molecule has 0 aliphatic carbocycles. The van der Waals surface area contributed by atoms with Gasteiger partial charge in [0.1, 0.15) is 12.4 Å². The third-order valence-corrected chi connectivity index (χ3v) is 3.02. The molecule has 0 aliphatic heterocycles. The smallest absolute Gasteiger partial charge is 0.221 e. The van der Waals surface area contributed by atoms with E-state index in [0.29, 0.717) is 59.5 Å². The zero-order valence-electron chi connectivity index (χ0n) is 15.4. The number of carbonyl (C=O) groups excluding carboxylic acids is 1. The van der Waals surface area contributed by atoms with E-state index >= 15 is 0 Å². The average Bonchev–Trinajstić information content (AvgIpc) is 2.63. The van der Waals surface area contributed by atoms with Crippen molar-refractivity contribution < 1.29 is 28.5 Å². The number of amides is 1. The Morgan fingerprint density at radius 3 is 1.88 bits per heavy atom. The summed E-state index contributed by atoms with van der Waals surface area (Å²) in [6, 6.07) is 7.19. The van der Waals surface area contributed by atoms with E-state index in [0.717, 1.165) is 11.4 Å². The molecular formula is C19H29NO6. The van der Waals surface area contributed by atoms with Crippen LogP contribution in [-0.4, -0.2) is 65.4 Å². The first-order valence-corrected chi connectivity index (χ1v) is 8.64. The summed E-state index contributed by atoms with van der Waals surface area (Å²) in [4.78, 5) is 10.9. The molecule has 1 N–H and O–H groups in total. The molecule has 26 heavy (non-hydrogen) atoms. The number of anilines is 1. The Labute approximate surface area is 155 Å². The van der Waals surface area contributed by atoms with Gasteiger partial charge in [0.2, 0.25) is 5.91 Å². The van der Waals surface area contributed by atoms with Crippen LogP contribution in [0.1, 0.15) is 6.92 Å². The highest BCUT2D eigenvalue weighted by molar-refractivity contribution is 5.88. The van der Waals surface area contributed by atoms with Gasteiger partial charge in [0.25, 0.3) is 0 Å². The van der Waals surface area contributed by atoms with Crippen LogP contribution in [0.25, 0.3) is 0 Å². The minimum absolute atomic E-state index is 0.0987. The molecule has 0 unspecified atom stereocenters. The van der Waals surface area contributed by atoms with Crippen LogP contribution in [0.15, 0.2) is 36.9 Å². The number of ether oxygens (including phenoxy) is 5. The molecule has 0 heterocycles. The Bertz CT molecular complexity index is 491. The van der Waals surface area contributed by atoms with Crippen LogP contribution in [-0.2, 0) is 23.7 Å². The fraction of sp³-hybridized carbons (Fsp3) is 0.526. The van der Waals surface area contributed by atoms with Gasteiger partial charge in [-0.2, -0.15) is 0 Å². The summed E-state index contributed by atoms with van der Waals surface area (Å²) in [7, 11) is 0. The average molecular weight is 367 g/mol. The highest BCUT2D eigenvalue weighted by Gasteiger charge is 1.98. The van der Waals surface area contributed by atoms with Gasteiger partial charge in [0.05, 0.1) is 52.9 Å². The standard InChI is InChI=1S/C19H29NO6/c1-3-8-22-9-10-23-11-12-24-13-14-25-15-16-26-19-6-4-18(5-7-19)20-17(2)21/h3-7H,1,8-16H2,2H3,(H,20,21). The molecule has 7 heteroatoms. The quantitative estimate of drug-likeness (QED) is 0.357. The normalized spacial score (nSPS) is 10.5. The molecule has 0 aliphatic rings. The second-order valence-corrected chi connectivity index (χ2v) is 5.25. The van der Waals surface area contributed by atoms with E-state index in [-0.39, 0.29) is 5.91 Å². The summed E-state index contributed by atoms with van der Waals surface area (Å²) >= 11 is 0. The van der Waals surface area contributed by atoms with Gasteiger partial charge < -0.3 is 29.0 Å². The summed E-state index contributed by atoms with van der Waals surface area (Å²) in [5, 5.41) is 2.70. The fourth-order valence-corrected chi connectivity index (χ4v) is 1.88. The van der Waals surface area contributed by atoms with E-state index in [1.165, 1.54) is 6.92 Å². The lowest BCUT2D eigenvalue weighted by atomic mass is 10.3. The van der Waals surface area contributed by atoms with Crippen LogP contribution in [0.3, 0.4) is 0 Å². The molecule has 1 aromatic rings. The number of benzene rings is 1. The number of hydrogen-bond acceptors (Lipinski definition) is 6. The lowest BCUT2D eigenvalue weighted by Crippen LogP contribution is -2.13. The van der Waals surface area contributed by atoms with E-state index in [2.05, 4.69) is 11.9 Å². The molecule has 146 valence electrons. The fourth-order valence-electron chi connectivity index (χ4n) is 1.88. The van der Waals surface area contributed by atoms with Crippen molar-refractivity contribution in [2.24, 2.45) is 0 Å². The predicted octanol–water partition coefficient (Wildman–Crippen LogP) is 2.28. The van der Waals surface area contributed by atoms with Crippen LogP contribution in [0, 0.1) is 0 Å². The maximum absolute atomic E-state index is 10.9. The van der Waals surface area contributed by atoms with Gasteiger partial charge in [0, 0.05) is 12.6 Å². The highest BCUT2D eigenvalue weighted by Crippen LogP contribution is 2.15. The van der Waals surface area contributed by atoms with E-state index in [1.54, 1.807) is 30.3 Å². The van der Waals surface area contributed by atoms with Gasteiger partial charge in [-0.25, -0.2) is 0 Å². The largest absolute Gasteiger partial charge is 0.491 e. The van der Waals surface area contributed by atoms with Crippen LogP contribution in [0.2, 0.25) is 0 Å². The highest BCUT2D eigenvalue weighted by atomic mass is 16.6. The molecule has 1 amide bonds. The van der Waals surface area contributed by atoms with E-state index in [1.807, 2.05) is 0 Å². The second kappa shape index (κ2) is 15.3. The van der Waals surface area contributed by atoms with Crippen LogP contribution in [0.4, 0.5) is 5.69 Å². The van der Waals surface area contributed by atoms with Gasteiger partial charge in [-0.1, -0.05) is 6.08 Å².